The number of hydrogen-bond donors (Lipinski definition) is 4. The largest absolute Gasteiger partial charge is 0.480 e. The molecule has 0 saturated heterocycles. The highest BCUT2D eigenvalue weighted by atomic mass is 16.7. The molecule has 25 heavy (non-hydrogen) atoms. The molecule has 1 amide bonds. The third-order valence-electron chi connectivity index (χ3n) is 2.94. The van der Waals surface area contributed by atoms with Gasteiger partial charge in [-0.05, 0) is 18.4 Å². The second-order valence-corrected chi connectivity index (χ2v) is 4.87. The molecule has 5 N–H and O–H groups in total. The van der Waals surface area contributed by atoms with Crippen LogP contribution in [0.1, 0.15) is 18.4 Å². The summed E-state index contributed by atoms with van der Waals surface area (Å²) in [6.45, 7) is 0.167. The molecule has 136 valence electrons. The number of aliphatic imine (C=N–C) groups is 1. The zero-order valence-electron chi connectivity index (χ0n) is 13.3. The van der Waals surface area contributed by atoms with Gasteiger partial charge in [0.15, 0.2) is 17.0 Å². The zero-order valence-corrected chi connectivity index (χ0v) is 13.3. The quantitative estimate of drug-likeness (QED) is 0.161. The van der Waals surface area contributed by atoms with Gasteiger partial charge in [0.2, 0.25) is 0 Å². The van der Waals surface area contributed by atoms with Crippen LogP contribution >= 0.6 is 0 Å². The van der Waals surface area contributed by atoms with E-state index in [1.165, 1.54) is 0 Å². The highest BCUT2D eigenvalue weighted by Gasteiger charge is 2.21. The molecular weight excluding hydrogens is 334 g/mol. The monoisotopic (exact) mass is 353 g/mol. The van der Waals surface area contributed by atoms with E-state index in [0.717, 1.165) is 5.56 Å². The molecule has 1 aromatic rings. The molecule has 0 aliphatic carbocycles. The molecule has 0 aliphatic heterocycles. The maximum atomic E-state index is 11.5. The molecule has 1 aromatic carbocycles. The molecule has 0 radical (unpaired) electrons. The highest BCUT2D eigenvalue weighted by Crippen LogP contribution is 2.00. The lowest BCUT2D eigenvalue weighted by molar-refractivity contribution is -0.549. The van der Waals surface area contributed by atoms with Crippen molar-refractivity contribution in [2.75, 3.05) is 6.54 Å². The van der Waals surface area contributed by atoms with Gasteiger partial charge in [-0.3, -0.25) is 10.3 Å². The van der Waals surface area contributed by atoms with Crippen molar-refractivity contribution >= 4 is 18.0 Å². The Balaban J connectivity index is 2.29. The topological polar surface area (TPSA) is 169 Å². The molecular formula is C14H19N5O6. The maximum Gasteiger partial charge on any atom is 0.414 e. The van der Waals surface area contributed by atoms with Crippen molar-refractivity contribution in [3.8, 4) is 0 Å². The number of guanidine groups is 1. The fourth-order valence-corrected chi connectivity index (χ4v) is 1.77. The van der Waals surface area contributed by atoms with Crippen LogP contribution in [0, 0.1) is 10.1 Å². The van der Waals surface area contributed by atoms with Gasteiger partial charge in [-0.15, -0.1) is 5.43 Å². The number of nitrogens with one attached hydrogen (secondary N) is 2. The molecule has 11 nitrogen and oxygen atoms in total. The van der Waals surface area contributed by atoms with Crippen LogP contribution < -0.4 is 16.5 Å². The Kier molecular flexibility index (Phi) is 8.20. The summed E-state index contributed by atoms with van der Waals surface area (Å²) in [7, 11) is 0. The maximum absolute atomic E-state index is 11.5. The summed E-state index contributed by atoms with van der Waals surface area (Å²) >= 11 is 0. The minimum Gasteiger partial charge on any atom is -0.480 e. The molecule has 0 saturated carbocycles. The Morgan fingerprint density at radius 3 is 2.64 bits per heavy atom. The number of ether oxygens (including phenoxy) is 1. The standard InChI is InChI=1S/C14H19N5O6/c15-13(16-8-4-7-11(12(20)21)18-19(23)24)17-14(22)25-9-10-5-2-1-3-6-10/h1-3,5-6,11,18H,4,7-9H2,(H,20,21)(H3,15,16,17,22)/t11-/m0/s1. The summed E-state index contributed by atoms with van der Waals surface area (Å²) in [6.07, 6.45) is -0.575. The van der Waals surface area contributed by atoms with E-state index in [1.54, 1.807) is 17.6 Å². The molecule has 0 bridgehead atoms. The normalized spacial score (nSPS) is 12.1. The molecule has 1 rings (SSSR count). The van der Waals surface area contributed by atoms with Gasteiger partial charge in [0, 0.05) is 6.54 Å². The van der Waals surface area contributed by atoms with Crippen LogP contribution in [0.2, 0.25) is 0 Å². The van der Waals surface area contributed by atoms with Crippen LogP contribution in [0.5, 0.6) is 0 Å². The third kappa shape index (κ3) is 8.74. The number of alkyl carbamates (subject to hydrolysis) is 1. The van der Waals surface area contributed by atoms with Crippen molar-refractivity contribution in [1.29, 1.82) is 0 Å². The number of carbonyl (C=O) groups is 2. The van der Waals surface area contributed by atoms with Crippen LogP contribution in [0.15, 0.2) is 35.3 Å². The number of nitro groups is 1. The van der Waals surface area contributed by atoms with Gasteiger partial charge >= 0.3 is 12.1 Å². The van der Waals surface area contributed by atoms with Crippen molar-refractivity contribution < 1.29 is 24.5 Å². The number of hydrazine groups is 1. The minimum atomic E-state index is -1.34. The predicted octanol–water partition coefficient (Wildman–Crippen LogP) is 0.242. The van der Waals surface area contributed by atoms with Crippen molar-refractivity contribution in [3.05, 3.63) is 46.0 Å². The van der Waals surface area contributed by atoms with Crippen molar-refractivity contribution in [2.45, 2.75) is 25.5 Å². The van der Waals surface area contributed by atoms with E-state index in [2.05, 4.69) is 10.3 Å². The molecule has 1 atom stereocenters. The number of benzene rings is 1. The molecule has 0 aromatic heterocycles. The van der Waals surface area contributed by atoms with Gasteiger partial charge in [0.05, 0.1) is 0 Å². The van der Waals surface area contributed by atoms with Gasteiger partial charge in [-0.25, -0.2) is 19.7 Å². The summed E-state index contributed by atoms with van der Waals surface area (Å²) in [5.41, 5.74) is 8.00. The smallest absolute Gasteiger partial charge is 0.414 e. The SMILES string of the molecule is NC(=NCCC[C@H](N[N+](=O)[O-])C(=O)O)NC(=O)OCc1ccccc1. The Labute approximate surface area is 143 Å². The first-order valence-corrected chi connectivity index (χ1v) is 7.29. The fraction of sp³-hybridized carbons (Fsp3) is 0.357. The highest BCUT2D eigenvalue weighted by molar-refractivity contribution is 5.92. The number of aliphatic carboxylic acids is 1. The van der Waals surface area contributed by atoms with E-state index < -0.39 is 23.1 Å². The van der Waals surface area contributed by atoms with E-state index in [1.807, 2.05) is 18.2 Å². The third-order valence-corrected chi connectivity index (χ3v) is 2.94. The van der Waals surface area contributed by atoms with E-state index in [4.69, 9.17) is 15.6 Å². The van der Waals surface area contributed by atoms with Crippen LogP contribution in [0.3, 0.4) is 0 Å². The Morgan fingerprint density at radius 1 is 1.36 bits per heavy atom. The first kappa shape index (κ1) is 19.7. The summed E-state index contributed by atoms with van der Waals surface area (Å²) in [5, 5.41) is 20.4. The number of nitrogens with zero attached hydrogens (tertiary/aromatic N) is 2. The van der Waals surface area contributed by atoms with E-state index in [0.29, 0.717) is 0 Å². The van der Waals surface area contributed by atoms with Gasteiger partial charge in [-0.2, -0.15) is 0 Å². The first-order valence-electron chi connectivity index (χ1n) is 7.29. The van der Waals surface area contributed by atoms with Gasteiger partial charge < -0.3 is 15.6 Å². The Morgan fingerprint density at radius 2 is 2.04 bits per heavy atom. The second-order valence-electron chi connectivity index (χ2n) is 4.87. The van der Waals surface area contributed by atoms with Gasteiger partial charge in [0.25, 0.3) is 0 Å². The van der Waals surface area contributed by atoms with Crippen LogP contribution in [-0.4, -0.2) is 40.7 Å². The number of hydrogen-bond acceptors (Lipinski definition) is 6. The molecule has 0 heterocycles. The Hall–Kier alpha value is -3.37. The molecule has 0 aliphatic rings. The average molecular weight is 353 g/mol. The zero-order chi connectivity index (χ0) is 18.7. The summed E-state index contributed by atoms with van der Waals surface area (Å²) in [6, 6.07) is 7.72. The molecule has 11 heteroatoms. The Bertz CT molecular complexity index is 621. The van der Waals surface area contributed by atoms with E-state index in [9.17, 15) is 19.7 Å². The van der Waals surface area contributed by atoms with Crippen molar-refractivity contribution in [2.24, 2.45) is 10.7 Å². The van der Waals surface area contributed by atoms with E-state index in [-0.39, 0.29) is 32.0 Å². The van der Waals surface area contributed by atoms with Crippen molar-refractivity contribution in [1.82, 2.24) is 10.7 Å². The van der Waals surface area contributed by atoms with Crippen LogP contribution in [-0.2, 0) is 16.1 Å². The van der Waals surface area contributed by atoms with E-state index >= 15 is 0 Å². The van der Waals surface area contributed by atoms with Crippen molar-refractivity contribution in [3.63, 3.8) is 0 Å². The van der Waals surface area contributed by atoms with Crippen LogP contribution in [0.4, 0.5) is 4.79 Å². The lowest BCUT2D eigenvalue weighted by Gasteiger charge is -2.08. The molecule has 0 unspecified atom stereocenters. The molecule has 0 spiro atoms. The summed E-state index contributed by atoms with van der Waals surface area (Å²) < 4.78 is 4.94. The number of carboxylic acids is 1. The lowest BCUT2D eigenvalue weighted by atomic mass is 10.2. The first-order chi connectivity index (χ1) is 11.9. The predicted molar refractivity (Wildman–Crippen MR) is 87.0 cm³/mol. The summed E-state index contributed by atoms with van der Waals surface area (Å²) in [5.74, 6) is -1.52. The molecule has 0 fully saturated rings. The number of nitrogens with two attached hydrogens (primary N) is 1. The summed E-state index contributed by atoms with van der Waals surface area (Å²) in [4.78, 5) is 36.4. The fourth-order valence-electron chi connectivity index (χ4n) is 1.77. The number of amides is 1. The lowest BCUT2D eigenvalue weighted by Crippen LogP contribution is -2.40. The van der Waals surface area contributed by atoms with Crippen LogP contribution in [0.25, 0.3) is 0 Å². The number of carbonyl (C=O) groups excluding carboxylic acids is 1. The van der Waals surface area contributed by atoms with Gasteiger partial charge in [0.1, 0.15) is 6.61 Å². The average Bonchev–Trinajstić information content (AvgIpc) is 2.56. The van der Waals surface area contributed by atoms with Gasteiger partial charge in [-0.1, -0.05) is 30.3 Å². The minimum absolute atomic E-state index is 0.0223. The number of rotatable bonds is 9. The second kappa shape index (κ2) is 10.4. The number of carboxylic acid groups (broad SMARTS) is 1.